The average molecular weight is 419 g/mol. The monoisotopic (exact) mass is 418 g/mol. The molecule has 2 aromatic carbocycles. The van der Waals surface area contributed by atoms with E-state index in [1.807, 2.05) is 30.5 Å². The zero-order chi connectivity index (χ0) is 20.1. The van der Waals surface area contributed by atoms with Crippen molar-refractivity contribution in [2.45, 2.75) is 19.4 Å². The number of carbonyl (C=O) groups is 2. The second kappa shape index (κ2) is 9.13. The Morgan fingerprint density at radius 3 is 2.68 bits per heavy atom. The Bertz CT molecular complexity index is 1000. The summed E-state index contributed by atoms with van der Waals surface area (Å²) in [5, 5.41) is 1.99. The van der Waals surface area contributed by atoms with Gasteiger partial charge in [-0.05, 0) is 35.7 Å². The Morgan fingerprint density at radius 2 is 1.89 bits per heavy atom. The topological polar surface area (TPSA) is 62.4 Å². The third-order valence-corrected chi connectivity index (χ3v) is 5.20. The lowest BCUT2D eigenvalue weighted by Crippen LogP contribution is -2.30. The molecule has 0 fully saturated rings. The molecule has 0 saturated carbocycles. The van der Waals surface area contributed by atoms with Gasteiger partial charge in [-0.25, -0.2) is 0 Å². The number of ether oxygens (including phenoxy) is 1. The van der Waals surface area contributed by atoms with Gasteiger partial charge in [0.15, 0.2) is 6.61 Å². The number of H-pyrrole nitrogens is 1. The molecule has 0 unspecified atom stereocenters. The Balaban J connectivity index is 1.45. The molecule has 0 aliphatic carbocycles. The van der Waals surface area contributed by atoms with Crippen LogP contribution in [0.1, 0.15) is 17.5 Å². The number of aryl methyl sites for hydroxylation is 1. The van der Waals surface area contributed by atoms with Crippen molar-refractivity contribution in [1.29, 1.82) is 0 Å². The van der Waals surface area contributed by atoms with Gasteiger partial charge in [-0.3, -0.25) is 9.59 Å². The number of para-hydroxylation sites is 1. The minimum Gasteiger partial charge on any atom is -0.456 e. The van der Waals surface area contributed by atoms with Crippen LogP contribution in [-0.4, -0.2) is 35.4 Å². The summed E-state index contributed by atoms with van der Waals surface area (Å²) in [7, 11) is 1.64. The van der Waals surface area contributed by atoms with Crippen LogP contribution in [0.5, 0.6) is 0 Å². The van der Waals surface area contributed by atoms with Crippen molar-refractivity contribution >= 4 is 46.0 Å². The Labute approximate surface area is 173 Å². The van der Waals surface area contributed by atoms with Gasteiger partial charge in [0.1, 0.15) is 0 Å². The molecule has 1 aromatic heterocycles. The predicted octanol–water partition coefficient (Wildman–Crippen LogP) is 4.61. The van der Waals surface area contributed by atoms with Gasteiger partial charge >= 0.3 is 5.97 Å². The fourth-order valence-electron chi connectivity index (χ4n) is 2.90. The Hall–Kier alpha value is -2.50. The number of nitrogens with one attached hydrogen (secondary N) is 1. The number of carbonyl (C=O) groups excluding carboxylic acids is 2. The standard InChI is InChI=1S/C21H20Cl2N2O3/c1-25(12-14-6-8-17(22)18(23)10-14)20(26)13-28-21(27)9-7-15-11-24-19-5-3-2-4-16(15)19/h2-6,8,10-11,24H,7,9,12-13H2,1H3. The molecule has 1 heterocycles. The molecule has 0 bridgehead atoms. The minimum atomic E-state index is -0.401. The summed E-state index contributed by atoms with van der Waals surface area (Å²) in [6.07, 6.45) is 2.66. The molecular formula is C21H20Cl2N2O3. The molecule has 0 atom stereocenters. The molecule has 0 radical (unpaired) electrons. The molecule has 3 rings (SSSR count). The van der Waals surface area contributed by atoms with E-state index in [0.29, 0.717) is 23.0 Å². The van der Waals surface area contributed by atoms with Crippen molar-refractivity contribution in [2.24, 2.45) is 0 Å². The van der Waals surface area contributed by atoms with Gasteiger partial charge in [-0.1, -0.05) is 47.5 Å². The average Bonchev–Trinajstić information content (AvgIpc) is 3.10. The van der Waals surface area contributed by atoms with Crippen molar-refractivity contribution in [2.75, 3.05) is 13.7 Å². The van der Waals surface area contributed by atoms with Crippen LogP contribution in [0.3, 0.4) is 0 Å². The van der Waals surface area contributed by atoms with Gasteiger partial charge in [0.2, 0.25) is 0 Å². The van der Waals surface area contributed by atoms with Gasteiger partial charge in [0, 0.05) is 37.1 Å². The molecular weight excluding hydrogens is 399 g/mol. The van der Waals surface area contributed by atoms with Crippen molar-refractivity contribution in [3.63, 3.8) is 0 Å². The number of halogens is 2. The van der Waals surface area contributed by atoms with Crippen LogP contribution in [-0.2, 0) is 27.3 Å². The summed E-state index contributed by atoms with van der Waals surface area (Å²) in [6.45, 7) is 0.0627. The smallest absolute Gasteiger partial charge is 0.306 e. The van der Waals surface area contributed by atoms with Crippen LogP contribution >= 0.6 is 23.2 Å². The lowest BCUT2D eigenvalue weighted by molar-refractivity contribution is -0.151. The van der Waals surface area contributed by atoms with Crippen molar-refractivity contribution in [3.8, 4) is 0 Å². The number of rotatable bonds is 7. The molecule has 1 N–H and O–H groups in total. The molecule has 3 aromatic rings. The Morgan fingerprint density at radius 1 is 1.11 bits per heavy atom. The second-order valence-corrected chi connectivity index (χ2v) is 7.33. The third kappa shape index (κ3) is 5.06. The quantitative estimate of drug-likeness (QED) is 0.569. The van der Waals surface area contributed by atoms with Crippen LogP contribution in [0.25, 0.3) is 10.9 Å². The molecule has 146 valence electrons. The highest BCUT2D eigenvalue weighted by molar-refractivity contribution is 6.42. The van der Waals surface area contributed by atoms with E-state index in [1.54, 1.807) is 25.2 Å². The molecule has 0 spiro atoms. The highest BCUT2D eigenvalue weighted by Crippen LogP contribution is 2.23. The van der Waals surface area contributed by atoms with Gasteiger partial charge in [0.25, 0.3) is 5.91 Å². The number of likely N-dealkylation sites (N-methyl/N-ethyl adjacent to an activating group) is 1. The number of amides is 1. The Kier molecular flexibility index (Phi) is 6.60. The molecule has 0 aliphatic heterocycles. The first-order valence-corrected chi connectivity index (χ1v) is 9.58. The van der Waals surface area contributed by atoms with Crippen LogP contribution in [0.2, 0.25) is 10.0 Å². The fourth-order valence-corrected chi connectivity index (χ4v) is 3.22. The molecule has 0 aliphatic rings. The maximum atomic E-state index is 12.2. The molecule has 1 amide bonds. The van der Waals surface area contributed by atoms with Crippen LogP contribution in [0, 0.1) is 0 Å². The largest absolute Gasteiger partial charge is 0.456 e. The molecule has 0 saturated heterocycles. The number of aromatic amines is 1. The normalized spacial score (nSPS) is 10.8. The van der Waals surface area contributed by atoms with E-state index in [4.69, 9.17) is 27.9 Å². The second-order valence-electron chi connectivity index (χ2n) is 6.52. The predicted molar refractivity (Wildman–Crippen MR) is 111 cm³/mol. The number of hydrogen-bond acceptors (Lipinski definition) is 3. The first-order valence-electron chi connectivity index (χ1n) is 8.82. The third-order valence-electron chi connectivity index (χ3n) is 4.46. The highest BCUT2D eigenvalue weighted by atomic mass is 35.5. The van der Waals surface area contributed by atoms with E-state index in [2.05, 4.69) is 4.98 Å². The first-order chi connectivity index (χ1) is 13.4. The van der Waals surface area contributed by atoms with E-state index in [9.17, 15) is 9.59 Å². The summed E-state index contributed by atoms with van der Waals surface area (Å²) in [5.74, 6) is -0.687. The first kappa shape index (κ1) is 20.2. The van der Waals surface area contributed by atoms with E-state index < -0.39 is 5.97 Å². The summed E-state index contributed by atoms with van der Waals surface area (Å²) >= 11 is 11.9. The number of aromatic nitrogens is 1. The highest BCUT2D eigenvalue weighted by Gasteiger charge is 2.14. The van der Waals surface area contributed by atoms with E-state index in [0.717, 1.165) is 22.0 Å². The maximum absolute atomic E-state index is 12.2. The zero-order valence-corrected chi connectivity index (χ0v) is 16.9. The van der Waals surface area contributed by atoms with E-state index in [1.165, 1.54) is 4.90 Å². The maximum Gasteiger partial charge on any atom is 0.306 e. The van der Waals surface area contributed by atoms with Crippen LogP contribution in [0.4, 0.5) is 0 Å². The number of nitrogens with zero attached hydrogens (tertiary/aromatic N) is 1. The van der Waals surface area contributed by atoms with Gasteiger partial charge in [-0.2, -0.15) is 0 Å². The molecule has 28 heavy (non-hydrogen) atoms. The number of fused-ring (bicyclic) bond motifs is 1. The van der Waals surface area contributed by atoms with Crippen LogP contribution in [0.15, 0.2) is 48.7 Å². The minimum absolute atomic E-state index is 0.214. The fraction of sp³-hybridized carbons (Fsp3) is 0.238. The van der Waals surface area contributed by atoms with E-state index >= 15 is 0 Å². The lowest BCUT2D eigenvalue weighted by Gasteiger charge is -2.17. The summed E-state index contributed by atoms with van der Waals surface area (Å²) in [6, 6.07) is 13.1. The zero-order valence-electron chi connectivity index (χ0n) is 15.4. The number of esters is 1. The van der Waals surface area contributed by atoms with Crippen molar-refractivity contribution in [1.82, 2.24) is 9.88 Å². The van der Waals surface area contributed by atoms with Gasteiger partial charge in [-0.15, -0.1) is 0 Å². The summed E-state index contributed by atoms with van der Waals surface area (Å²) in [4.78, 5) is 28.9. The summed E-state index contributed by atoms with van der Waals surface area (Å²) in [5.41, 5.74) is 2.93. The van der Waals surface area contributed by atoms with Crippen molar-refractivity contribution in [3.05, 3.63) is 69.8 Å². The lowest BCUT2D eigenvalue weighted by atomic mass is 10.1. The van der Waals surface area contributed by atoms with Crippen molar-refractivity contribution < 1.29 is 14.3 Å². The number of benzene rings is 2. The molecule has 5 nitrogen and oxygen atoms in total. The van der Waals surface area contributed by atoms with Crippen LogP contribution < -0.4 is 0 Å². The van der Waals surface area contributed by atoms with Gasteiger partial charge in [0.05, 0.1) is 10.0 Å². The number of hydrogen-bond donors (Lipinski definition) is 1. The molecule has 7 heteroatoms. The van der Waals surface area contributed by atoms with Gasteiger partial charge < -0.3 is 14.6 Å². The van der Waals surface area contributed by atoms with E-state index in [-0.39, 0.29) is 18.9 Å². The summed E-state index contributed by atoms with van der Waals surface area (Å²) < 4.78 is 5.13. The SMILES string of the molecule is CN(Cc1ccc(Cl)c(Cl)c1)C(=O)COC(=O)CCc1c[nH]c2ccccc12.